The number of likely N-dealkylation sites (tertiary alicyclic amines) is 1. The monoisotopic (exact) mass is 335 g/mol. The van der Waals surface area contributed by atoms with Crippen molar-refractivity contribution in [1.29, 1.82) is 0 Å². The first-order chi connectivity index (χ1) is 11.7. The smallest absolute Gasteiger partial charge is 0.255 e. The molecule has 1 aromatic rings. The van der Waals surface area contributed by atoms with Crippen molar-refractivity contribution in [2.24, 2.45) is 5.92 Å². The van der Waals surface area contributed by atoms with Crippen LogP contribution >= 0.6 is 0 Å². The van der Waals surface area contributed by atoms with Gasteiger partial charge in [0.25, 0.3) is 5.89 Å². The molecule has 3 saturated heterocycles. The van der Waals surface area contributed by atoms with Gasteiger partial charge in [-0.1, -0.05) is 5.16 Å². The zero-order valence-electron chi connectivity index (χ0n) is 14.2. The minimum Gasteiger partial charge on any atom is -0.381 e. The number of carbonyl (C=O) groups is 1. The topological polar surface area (TPSA) is 77.7 Å². The normalized spacial score (nSPS) is 27.7. The molecule has 3 aliphatic rings. The van der Waals surface area contributed by atoms with Crippen molar-refractivity contribution in [3.05, 3.63) is 11.7 Å². The van der Waals surface area contributed by atoms with Crippen LogP contribution in [-0.4, -0.2) is 52.9 Å². The van der Waals surface area contributed by atoms with Crippen LogP contribution in [0.4, 0.5) is 0 Å². The molecule has 3 aliphatic heterocycles. The van der Waals surface area contributed by atoms with Gasteiger partial charge in [0.2, 0.25) is 5.91 Å². The van der Waals surface area contributed by atoms with Crippen LogP contribution < -0.4 is 0 Å². The fourth-order valence-electron chi connectivity index (χ4n) is 4.14. The van der Waals surface area contributed by atoms with Gasteiger partial charge < -0.3 is 18.9 Å². The maximum absolute atomic E-state index is 12.6. The lowest BCUT2D eigenvalue weighted by Gasteiger charge is -2.40. The summed E-state index contributed by atoms with van der Waals surface area (Å²) in [5.74, 6) is 1.68. The van der Waals surface area contributed by atoms with Gasteiger partial charge in [-0.15, -0.1) is 0 Å². The van der Waals surface area contributed by atoms with Crippen molar-refractivity contribution >= 4 is 5.91 Å². The number of hydrogen-bond donors (Lipinski definition) is 0. The fraction of sp³-hybridized carbons (Fsp3) is 0.824. The predicted molar refractivity (Wildman–Crippen MR) is 84.2 cm³/mol. The molecular formula is C17H25N3O4. The summed E-state index contributed by atoms with van der Waals surface area (Å²) in [7, 11) is 0. The summed E-state index contributed by atoms with van der Waals surface area (Å²) >= 11 is 0. The van der Waals surface area contributed by atoms with Crippen LogP contribution in [0.1, 0.15) is 56.3 Å². The molecule has 7 heteroatoms. The molecule has 1 spiro atoms. The molecule has 0 N–H and O–H groups in total. The lowest BCUT2D eigenvalue weighted by Crippen LogP contribution is -2.48. The number of rotatable bonds is 2. The van der Waals surface area contributed by atoms with Crippen LogP contribution in [0.15, 0.2) is 4.52 Å². The number of hydrogen-bond acceptors (Lipinski definition) is 6. The molecule has 3 fully saturated rings. The Kier molecular flexibility index (Phi) is 4.30. The molecule has 1 unspecified atom stereocenters. The van der Waals surface area contributed by atoms with Crippen molar-refractivity contribution in [2.45, 2.75) is 57.2 Å². The highest BCUT2D eigenvalue weighted by Crippen LogP contribution is 2.44. The Labute approximate surface area is 141 Å². The SMILES string of the molecule is Cc1noc(C2CCC3(CCN(C(=O)C4CCOCC4)CC3)O2)n1. The van der Waals surface area contributed by atoms with E-state index in [1.165, 1.54) is 0 Å². The first-order valence-electron chi connectivity index (χ1n) is 9.00. The average molecular weight is 335 g/mol. The second-order valence-corrected chi connectivity index (χ2v) is 7.22. The van der Waals surface area contributed by atoms with Gasteiger partial charge in [0, 0.05) is 32.2 Å². The van der Waals surface area contributed by atoms with Crippen LogP contribution in [-0.2, 0) is 14.3 Å². The number of carbonyl (C=O) groups excluding carboxylic acids is 1. The lowest BCUT2D eigenvalue weighted by atomic mass is 9.87. The molecule has 0 bridgehead atoms. The summed E-state index contributed by atoms with van der Waals surface area (Å²) in [5.41, 5.74) is -0.125. The van der Waals surface area contributed by atoms with Gasteiger partial charge in [-0.25, -0.2) is 0 Å². The first kappa shape index (κ1) is 16.0. The van der Waals surface area contributed by atoms with Crippen molar-refractivity contribution in [3.8, 4) is 0 Å². The number of amides is 1. The number of aromatic nitrogens is 2. The van der Waals surface area contributed by atoms with Crippen molar-refractivity contribution in [3.63, 3.8) is 0 Å². The molecule has 132 valence electrons. The maximum atomic E-state index is 12.6. The van der Waals surface area contributed by atoms with E-state index in [9.17, 15) is 4.79 Å². The third kappa shape index (κ3) is 3.07. The standard InChI is InChI=1S/C17H25N3O4/c1-12-18-15(24-19-12)14-2-5-17(23-14)6-8-20(9-7-17)16(21)13-3-10-22-11-4-13/h13-14H,2-11H2,1H3. The minimum atomic E-state index is -0.125. The molecule has 7 nitrogen and oxygen atoms in total. The van der Waals surface area contributed by atoms with Crippen molar-refractivity contribution < 1.29 is 18.8 Å². The lowest BCUT2D eigenvalue weighted by molar-refractivity contribution is -0.145. The summed E-state index contributed by atoms with van der Waals surface area (Å²) in [4.78, 5) is 19.0. The van der Waals surface area contributed by atoms with Gasteiger partial charge in [0.1, 0.15) is 6.10 Å². The summed E-state index contributed by atoms with van der Waals surface area (Å²) < 4.78 is 16.9. The molecule has 0 saturated carbocycles. The summed E-state index contributed by atoms with van der Waals surface area (Å²) in [6.45, 7) is 4.81. The highest BCUT2D eigenvalue weighted by molar-refractivity contribution is 5.79. The van der Waals surface area contributed by atoms with E-state index in [1.807, 2.05) is 11.8 Å². The third-order valence-electron chi connectivity index (χ3n) is 5.63. The van der Waals surface area contributed by atoms with Crippen LogP contribution in [0.5, 0.6) is 0 Å². The van der Waals surface area contributed by atoms with Crippen LogP contribution in [0.25, 0.3) is 0 Å². The Balaban J connectivity index is 1.33. The second kappa shape index (κ2) is 6.44. The largest absolute Gasteiger partial charge is 0.381 e. The second-order valence-electron chi connectivity index (χ2n) is 7.22. The minimum absolute atomic E-state index is 0.0936. The molecule has 4 heterocycles. The molecule has 0 radical (unpaired) electrons. The van der Waals surface area contributed by atoms with Gasteiger partial charge in [0.15, 0.2) is 5.82 Å². The maximum Gasteiger partial charge on any atom is 0.255 e. The van der Waals surface area contributed by atoms with Crippen LogP contribution in [0.2, 0.25) is 0 Å². The number of aryl methyl sites for hydroxylation is 1. The van der Waals surface area contributed by atoms with Gasteiger partial charge in [0.05, 0.1) is 5.60 Å². The molecule has 1 aromatic heterocycles. The fourth-order valence-corrected chi connectivity index (χ4v) is 4.14. The van der Waals surface area contributed by atoms with Gasteiger partial charge in [-0.3, -0.25) is 4.79 Å². The summed E-state index contributed by atoms with van der Waals surface area (Å²) in [6, 6.07) is 0. The van der Waals surface area contributed by atoms with E-state index >= 15 is 0 Å². The van der Waals surface area contributed by atoms with Crippen molar-refractivity contribution in [1.82, 2.24) is 15.0 Å². The zero-order chi connectivity index (χ0) is 16.6. The Morgan fingerprint density at radius 2 is 1.92 bits per heavy atom. The molecule has 0 aliphatic carbocycles. The van der Waals surface area contributed by atoms with Crippen molar-refractivity contribution in [2.75, 3.05) is 26.3 Å². The Bertz CT molecular complexity index is 588. The summed E-state index contributed by atoms with van der Waals surface area (Å²) in [5, 5.41) is 3.85. The Morgan fingerprint density at radius 3 is 2.58 bits per heavy atom. The third-order valence-corrected chi connectivity index (χ3v) is 5.63. The van der Waals surface area contributed by atoms with Gasteiger partial charge >= 0.3 is 0 Å². The average Bonchev–Trinajstić information content (AvgIpc) is 3.23. The first-order valence-corrected chi connectivity index (χ1v) is 9.00. The predicted octanol–water partition coefficient (Wildman–Crippen LogP) is 2.02. The Hall–Kier alpha value is -1.47. The molecule has 24 heavy (non-hydrogen) atoms. The van der Waals surface area contributed by atoms with E-state index in [0.29, 0.717) is 30.8 Å². The quantitative estimate of drug-likeness (QED) is 0.823. The molecule has 1 atom stereocenters. The molecule has 4 rings (SSSR count). The highest BCUT2D eigenvalue weighted by Gasteiger charge is 2.45. The van der Waals surface area contributed by atoms with E-state index in [1.54, 1.807) is 0 Å². The van der Waals surface area contributed by atoms with E-state index in [4.69, 9.17) is 14.0 Å². The van der Waals surface area contributed by atoms with Crippen LogP contribution in [0.3, 0.4) is 0 Å². The molecule has 1 amide bonds. The summed E-state index contributed by atoms with van der Waals surface area (Å²) in [6.07, 6.45) is 5.32. The van der Waals surface area contributed by atoms with E-state index in [2.05, 4.69) is 10.1 Å². The highest BCUT2D eigenvalue weighted by atomic mass is 16.5. The zero-order valence-corrected chi connectivity index (χ0v) is 14.2. The van der Waals surface area contributed by atoms with E-state index in [-0.39, 0.29) is 17.6 Å². The number of nitrogens with zero attached hydrogens (tertiary/aromatic N) is 3. The van der Waals surface area contributed by atoms with Gasteiger partial charge in [-0.2, -0.15) is 4.98 Å². The van der Waals surface area contributed by atoms with Crippen LogP contribution in [0, 0.1) is 12.8 Å². The van der Waals surface area contributed by atoms with E-state index < -0.39 is 0 Å². The Morgan fingerprint density at radius 1 is 1.17 bits per heavy atom. The number of piperidine rings is 1. The number of ether oxygens (including phenoxy) is 2. The van der Waals surface area contributed by atoms with Gasteiger partial charge in [-0.05, 0) is 45.4 Å². The van der Waals surface area contributed by atoms with E-state index in [0.717, 1.165) is 51.6 Å². The molecule has 0 aromatic carbocycles. The molecular weight excluding hydrogens is 310 g/mol.